The van der Waals surface area contributed by atoms with Crippen LogP contribution in [0, 0.1) is 11.3 Å². The lowest BCUT2D eigenvalue weighted by Gasteiger charge is -2.19. The maximum atomic E-state index is 12.7. The SMILES string of the molecule is CC(C)C(=O)c1ccc(C(=O)O)c(-c2c3ccc(=N)c(S(=O)(=O)O)c-3oc3cc(N)ccc23)c1. The molecular weight excluding hydrogens is 460 g/mol. The molecular formula is C24H20N2O7S. The Kier molecular flexibility index (Phi) is 5.50. The summed E-state index contributed by atoms with van der Waals surface area (Å²) >= 11 is 0. The molecule has 34 heavy (non-hydrogen) atoms. The number of benzene rings is 3. The first-order valence-electron chi connectivity index (χ1n) is 10.1. The number of nitrogens with one attached hydrogen (secondary N) is 1. The minimum atomic E-state index is -4.88. The fraction of sp³-hybridized carbons (Fsp3) is 0.125. The van der Waals surface area contributed by atoms with Gasteiger partial charge in [-0.1, -0.05) is 19.9 Å². The molecule has 0 bridgehead atoms. The molecule has 0 spiro atoms. The van der Waals surface area contributed by atoms with Crippen LogP contribution >= 0.6 is 0 Å². The van der Waals surface area contributed by atoms with Crippen LogP contribution in [0.25, 0.3) is 33.4 Å². The van der Waals surface area contributed by atoms with Gasteiger partial charge < -0.3 is 15.3 Å². The summed E-state index contributed by atoms with van der Waals surface area (Å²) in [5.41, 5.74) is 6.97. The van der Waals surface area contributed by atoms with E-state index in [9.17, 15) is 27.7 Å². The highest BCUT2D eigenvalue weighted by molar-refractivity contribution is 7.86. The van der Waals surface area contributed by atoms with E-state index in [-0.39, 0.29) is 50.9 Å². The van der Waals surface area contributed by atoms with Crippen LogP contribution in [0.5, 0.6) is 0 Å². The summed E-state index contributed by atoms with van der Waals surface area (Å²) in [7, 11) is -4.88. The fourth-order valence-electron chi connectivity index (χ4n) is 3.92. The van der Waals surface area contributed by atoms with Gasteiger partial charge in [0.15, 0.2) is 16.4 Å². The highest BCUT2D eigenvalue weighted by Crippen LogP contribution is 2.43. The van der Waals surface area contributed by atoms with Gasteiger partial charge in [-0.3, -0.25) is 14.8 Å². The largest absolute Gasteiger partial charge is 0.478 e. The molecule has 0 aromatic heterocycles. The van der Waals surface area contributed by atoms with Crippen molar-refractivity contribution in [2.24, 2.45) is 5.92 Å². The number of hydrogen-bond donors (Lipinski definition) is 4. The average Bonchev–Trinajstić information content (AvgIpc) is 2.75. The number of anilines is 1. The summed E-state index contributed by atoms with van der Waals surface area (Å²) in [4.78, 5) is 24.1. The van der Waals surface area contributed by atoms with Gasteiger partial charge in [-0.15, -0.1) is 0 Å². The first-order valence-corrected chi connectivity index (χ1v) is 11.6. The molecule has 0 amide bonds. The van der Waals surface area contributed by atoms with Crippen molar-refractivity contribution >= 4 is 38.5 Å². The molecule has 174 valence electrons. The summed E-state index contributed by atoms with van der Waals surface area (Å²) in [6, 6.07) is 11.3. The van der Waals surface area contributed by atoms with E-state index < -0.39 is 26.3 Å². The number of nitrogen functional groups attached to an aromatic ring is 1. The molecule has 1 aliphatic heterocycles. The van der Waals surface area contributed by atoms with E-state index in [0.29, 0.717) is 11.1 Å². The highest BCUT2D eigenvalue weighted by Gasteiger charge is 2.29. The third-order valence-electron chi connectivity index (χ3n) is 5.45. The van der Waals surface area contributed by atoms with Gasteiger partial charge in [0.2, 0.25) is 0 Å². The van der Waals surface area contributed by atoms with Gasteiger partial charge in [-0.2, -0.15) is 8.42 Å². The van der Waals surface area contributed by atoms with Crippen LogP contribution < -0.4 is 11.1 Å². The Morgan fingerprint density at radius 1 is 1.03 bits per heavy atom. The summed E-state index contributed by atoms with van der Waals surface area (Å²) in [6.45, 7) is 3.44. The molecule has 9 nitrogen and oxygen atoms in total. The molecule has 1 heterocycles. The number of carboxylic acid groups (broad SMARTS) is 1. The summed E-state index contributed by atoms with van der Waals surface area (Å²) in [5.74, 6) is -2.15. The zero-order valence-electron chi connectivity index (χ0n) is 18.1. The van der Waals surface area contributed by atoms with Crippen molar-refractivity contribution in [1.82, 2.24) is 0 Å². The van der Waals surface area contributed by atoms with Crippen molar-refractivity contribution in [2.45, 2.75) is 18.7 Å². The second kappa shape index (κ2) is 8.08. The molecule has 2 aromatic carbocycles. The van der Waals surface area contributed by atoms with Crippen LogP contribution in [0.15, 0.2) is 57.8 Å². The van der Waals surface area contributed by atoms with Crippen molar-refractivity contribution in [3.8, 4) is 22.5 Å². The van der Waals surface area contributed by atoms with E-state index in [1.807, 2.05) is 0 Å². The third kappa shape index (κ3) is 3.82. The maximum absolute atomic E-state index is 12.7. The molecule has 0 fully saturated rings. The van der Waals surface area contributed by atoms with E-state index in [1.54, 1.807) is 26.0 Å². The number of fused-ring (bicyclic) bond motifs is 2. The monoisotopic (exact) mass is 480 g/mol. The number of ketones is 1. The summed E-state index contributed by atoms with van der Waals surface area (Å²) < 4.78 is 39.8. The van der Waals surface area contributed by atoms with Gasteiger partial charge in [-0.05, 0) is 42.0 Å². The number of carbonyl (C=O) groups is 2. The van der Waals surface area contributed by atoms with Gasteiger partial charge in [0.25, 0.3) is 10.1 Å². The van der Waals surface area contributed by atoms with Crippen LogP contribution in [0.4, 0.5) is 5.69 Å². The molecule has 2 aliphatic rings. The Bertz CT molecular complexity index is 1640. The van der Waals surface area contributed by atoms with E-state index >= 15 is 0 Å². The van der Waals surface area contributed by atoms with Crippen LogP contribution in [-0.2, 0) is 10.1 Å². The van der Waals surface area contributed by atoms with Crippen LogP contribution in [-0.4, -0.2) is 29.8 Å². The first kappa shape index (κ1) is 23.1. The van der Waals surface area contributed by atoms with Gasteiger partial charge in [0, 0.05) is 39.7 Å². The van der Waals surface area contributed by atoms with Crippen LogP contribution in [0.2, 0.25) is 0 Å². The summed E-state index contributed by atoms with van der Waals surface area (Å²) in [6.07, 6.45) is 0. The highest BCUT2D eigenvalue weighted by atomic mass is 32.2. The molecule has 5 N–H and O–H groups in total. The zero-order chi connectivity index (χ0) is 24.9. The van der Waals surface area contributed by atoms with E-state index in [0.717, 1.165) is 6.07 Å². The average molecular weight is 480 g/mol. The number of carbonyl (C=O) groups excluding carboxylic acids is 1. The zero-order valence-corrected chi connectivity index (χ0v) is 18.9. The van der Waals surface area contributed by atoms with E-state index in [2.05, 4.69) is 0 Å². The van der Waals surface area contributed by atoms with Gasteiger partial charge >= 0.3 is 5.97 Å². The number of nitrogens with two attached hydrogens (primary N) is 1. The first-order chi connectivity index (χ1) is 15.9. The number of carboxylic acids is 1. The van der Waals surface area contributed by atoms with Crippen molar-refractivity contribution in [3.63, 3.8) is 0 Å². The van der Waals surface area contributed by atoms with Gasteiger partial charge in [0.05, 0.1) is 10.9 Å². The standard InChI is InChI=1S/C24H20N2O7S/c1-11(2)21(27)12-3-5-14(24(28)29)17(9-12)20-15-6-4-13(25)10-19(15)33-22-16(20)7-8-18(26)23(22)34(30,31)32/h3-11,26H,25H2,1-2H3,(H,28,29)(H,30,31,32). The Morgan fingerprint density at radius 3 is 2.35 bits per heavy atom. The Labute approximate surface area is 194 Å². The van der Waals surface area contributed by atoms with Crippen LogP contribution in [0.1, 0.15) is 34.6 Å². The predicted molar refractivity (Wildman–Crippen MR) is 124 cm³/mol. The van der Waals surface area contributed by atoms with Gasteiger partial charge in [0.1, 0.15) is 5.58 Å². The van der Waals surface area contributed by atoms with E-state index in [1.165, 1.54) is 30.3 Å². The van der Waals surface area contributed by atoms with Crippen LogP contribution in [0.3, 0.4) is 0 Å². The van der Waals surface area contributed by atoms with E-state index in [4.69, 9.17) is 15.6 Å². The molecule has 2 aromatic rings. The van der Waals surface area contributed by atoms with Crippen molar-refractivity contribution in [1.29, 1.82) is 5.41 Å². The quantitative estimate of drug-likeness (QED) is 0.143. The number of rotatable bonds is 5. The van der Waals surface area contributed by atoms with Crippen molar-refractivity contribution in [2.75, 3.05) is 5.73 Å². The molecule has 1 aliphatic carbocycles. The Hall–Kier alpha value is -4.02. The number of hydrogen-bond acceptors (Lipinski definition) is 7. The Balaban J connectivity index is 2.25. The number of aromatic carboxylic acids is 1. The smallest absolute Gasteiger partial charge is 0.336 e. The molecule has 10 heteroatoms. The lowest BCUT2D eigenvalue weighted by atomic mass is 9.88. The second-order valence-electron chi connectivity index (χ2n) is 8.11. The topological polar surface area (TPSA) is 172 Å². The molecule has 4 rings (SSSR count). The maximum Gasteiger partial charge on any atom is 0.336 e. The Morgan fingerprint density at radius 2 is 1.74 bits per heavy atom. The predicted octanol–water partition coefficient (Wildman–Crippen LogP) is 4.05. The molecule has 0 atom stereocenters. The third-order valence-corrected chi connectivity index (χ3v) is 6.38. The normalized spacial score (nSPS) is 11.9. The lowest BCUT2D eigenvalue weighted by Crippen LogP contribution is -2.16. The lowest BCUT2D eigenvalue weighted by molar-refractivity contribution is 0.0697. The molecule has 0 radical (unpaired) electrons. The van der Waals surface area contributed by atoms with Gasteiger partial charge in [-0.25, -0.2) is 4.79 Å². The summed E-state index contributed by atoms with van der Waals surface area (Å²) in [5, 5.41) is 17.8. The molecule has 0 saturated heterocycles. The molecule has 0 saturated carbocycles. The number of Topliss-reactive ketones (excluding diaryl/α,β-unsaturated/α-hetero) is 1. The van der Waals surface area contributed by atoms with Crippen molar-refractivity contribution < 1.29 is 32.1 Å². The fourth-order valence-corrected chi connectivity index (χ4v) is 4.65. The molecule has 0 unspecified atom stereocenters. The minimum absolute atomic E-state index is 0.106. The van der Waals surface area contributed by atoms with Crippen molar-refractivity contribution in [3.05, 3.63) is 65.0 Å². The second-order valence-corrected chi connectivity index (χ2v) is 9.47. The minimum Gasteiger partial charge on any atom is -0.478 e.